The Morgan fingerprint density at radius 2 is 1.82 bits per heavy atom. The Morgan fingerprint density at radius 1 is 1.24 bits per heavy atom. The van der Waals surface area contributed by atoms with Gasteiger partial charge in [-0.3, -0.25) is 4.79 Å². The quantitative estimate of drug-likeness (QED) is 0.727. The van der Waals surface area contributed by atoms with Gasteiger partial charge in [-0.2, -0.15) is 0 Å². The number of rotatable bonds is 5. The van der Waals surface area contributed by atoms with Crippen molar-refractivity contribution in [2.24, 2.45) is 0 Å². The second-order valence-electron chi connectivity index (χ2n) is 4.42. The van der Waals surface area contributed by atoms with Crippen LogP contribution in [0.1, 0.15) is 32.4 Å². The van der Waals surface area contributed by atoms with Gasteiger partial charge in [0.1, 0.15) is 5.75 Å². The van der Waals surface area contributed by atoms with Crippen LogP contribution in [0.4, 0.5) is 0 Å². The molecule has 0 aliphatic carbocycles. The molecule has 1 atom stereocenters. The number of carbonyl (C=O) groups excluding carboxylic acids is 1. The lowest BCUT2D eigenvalue weighted by molar-refractivity contribution is -0.120. The summed E-state index contributed by atoms with van der Waals surface area (Å²) >= 11 is 0. The zero-order chi connectivity index (χ0) is 12.8. The van der Waals surface area contributed by atoms with Crippen LogP contribution in [0.25, 0.3) is 0 Å². The first kappa shape index (κ1) is 13.5. The van der Waals surface area contributed by atoms with Crippen molar-refractivity contribution in [3.63, 3.8) is 0 Å². The molecule has 0 spiro atoms. The molecule has 1 aromatic rings. The van der Waals surface area contributed by atoms with E-state index in [-0.39, 0.29) is 23.7 Å². The van der Waals surface area contributed by atoms with E-state index in [1.807, 2.05) is 32.9 Å². The summed E-state index contributed by atoms with van der Waals surface area (Å²) in [6, 6.07) is 7.20. The van der Waals surface area contributed by atoms with Gasteiger partial charge in [0.05, 0.1) is 6.54 Å². The smallest absolute Gasteiger partial charge is 0.234 e. The van der Waals surface area contributed by atoms with Gasteiger partial charge in [0.25, 0.3) is 0 Å². The van der Waals surface area contributed by atoms with Crippen LogP contribution in [0.15, 0.2) is 24.3 Å². The molecule has 4 nitrogen and oxygen atoms in total. The lowest BCUT2D eigenvalue weighted by atomic mass is 10.1. The lowest BCUT2D eigenvalue weighted by Crippen LogP contribution is -2.38. The minimum absolute atomic E-state index is 0.00868. The largest absolute Gasteiger partial charge is 0.508 e. The number of hydrogen-bond acceptors (Lipinski definition) is 3. The SMILES string of the molecule is CC(C)NC(=O)CNC(C)c1ccc(O)cc1. The third kappa shape index (κ3) is 4.87. The van der Waals surface area contributed by atoms with Crippen molar-refractivity contribution in [2.45, 2.75) is 32.9 Å². The molecular weight excluding hydrogens is 216 g/mol. The highest BCUT2D eigenvalue weighted by atomic mass is 16.3. The van der Waals surface area contributed by atoms with E-state index < -0.39 is 0 Å². The van der Waals surface area contributed by atoms with E-state index in [0.29, 0.717) is 6.54 Å². The molecule has 3 N–H and O–H groups in total. The van der Waals surface area contributed by atoms with Gasteiger partial charge >= 0.3 is 0 Å². The maximum atomic E-state index is 11.4. The van der Waals surface area contributed by atoms with Crippen LogP contribution >= 0.6 is 0 Å². The number of hydrogen-bond donors (Lipinski definition) is 3. The summed E-state index contributed by atoms with van der Waals surface area (Å²) in [6.45, 7) is 6.14. The van der Waals surface area contributed by atoms with Crippen molar-refractivity contribution in [2.75, 3.05) is 6.54 Å². The molecule has 0 fully saturated rings. The molecular formula is C13H20N2O2. The van der Waals surface area contributed by atoms with E-state index in [2.05, 4.69) is 10.6 Å². The molecule has 0 aliphatic heterocycles. The van der Waals surface area contributed by atoms with Crippen LogP contribution in [0, 0.1) is 0 Å². The number of amides is 1. The maximum Gasteiger partial charge on any atom is 0.234 e. The molecule has 1 amide bonds. The van der Waals surface area contributed by atoms with Crippen LogP contribution in [0.3, 0.4) is 0 Å². The highest BCUT2D eigenvalue weighted by Gasteiger charge is 2.08. The molecule has 0 bridgehead atoms. The molecule has 0 radical (unpaired) electrons. The maximum absolute atomic E-state index is 11.4. The van der Waals surface area contributed by atoms with Gasteiger partial charge < -0.3 is 15.7 Å². The van der Waals surface area contributed by atoms with Gasteiger partial charge in [0.2, 0.25) is 5.91 Å². The molecule has 1 unspecified atom stereocenters. The average Bonchev–Trinajstić information content (AvgIpc) is 2.26. The van der Waals surface area contributed by atoms with Crippen molar-refractivity contribution in [1.29, 1.82) is 0 Å². The predicted octanol–water partition coefficient (Wildman–Crippen LogP) is 1.57. The first-order valence-corrected chi connectivity index (χ1v) is 5.80. The fourth-order valence-electron chi connectivity index (χ4n) is 1.50. The topological polar surface area (TPSA) is 61.4 Å². The Morgan fingerprint density at radius 3 is 2.35 bits per heavy atom. The third-order valence-corrected chi connectivity index (χ3v) is 2.41. The van der Waals surface area contributed by atoms with E-state index in [0.717, 1.165) is 5.56 Å². The minimum Gasteiger partial charge on any atom is -0.508 e. The Bertz CT molecular complexity index is 360. The van der Waals surface area contributed by atoms with Crippen molar-refractivity contribution < 1.29 is 9.90 Å². The van der Waals surface area contributed by atoms with Crippen LogP contribution in [-0.2, 0) is 4.79 Å². The molecule has 0 aliphatic rings. The summed E-state index contributed by atoms with van der Waals surface area (Å²) in [5.41, 5.74) is 1.04. The summed E-state index contributed by atoms with van der Waals surface area (Å²) in [5.74, 6) is 0.240. The number of phenols is 1. The van der Waals surface area contributed by atoms with Crippen LogP contribution in [-0.4, -0.2) is 23.6 Å². The summed E-state index contributed by atoms with van der Waals surface area (Å²) in [7, 11) is 0. The van der Waals surface area contributed by atoms with Crippen molar-refractivity contribution in [3.8, 4) is 5.75 Å². The number of carbonyl (C=O) groups is 1. The Hall–Kier alpha value is -1.55. The number of benzene rings is 1. The second-order valence-corrected chi connectivity index (χ2v) is 4.42. The monoisotopic (exact) mass is 236 g/mol. The summed E-state index contributed by atoms with van der Waals surface area (Å²) < 4.78 is 0. The van der Waals surface area contributed by atoms with E-state index in [1.54, 1.807) is 12.1 Å². The van der Waals surface area contributed by atoms with Crippen LogP contribution in [0.2, 0.25) is 0 Å². The predicted molar refractivity (Wildman–Crippen MR) is 67.8 cm³/mol. The van der Waals surface area contributed by atoms with Crippen molar-refractivity contribution >= 4 is 5.91 Å². The fraction of sp³-hybridized carbons (Fsp3) is 0.462. The number of phenolic OH excluding ortho intramolecular Hbond substituents is 1. The van der Waals surface area contributed by atoms with Crippen LogP contribution < -0.4 is 10.6 Å². The average molecular weight is 236 g/mol. The van der Waals surface area contributed by atoms with Gasteiger partial charge in [-0.05, 0) is 38.5 Å². The summed E-state index contributed by atoms with van der Waals surface area (Å²) in [4.78, 5) is 11.4. The highest BCUT2D eigenvalue weighted by Crippen LogP contribution is 2.15. The van der Waals surface area contributed by atoms with Gasteiger partial charge in [-0.15, -0.1) is 0 Å². The fourth-order valence-corrected chi connectivity index (χ4v) is 1.50. The number of aromatic hydroxyl groups is 1. The molecule has 0 heterocycles. The molecule has 0 saturated heterocycles. The Balaban J connectivity index is 2.42. The Labute approximate surface area is 102 Å². The first-order valence-electron chi connectivity index (χ1n) is 5.80. The molecule has 1 rings (SSSR count). The molecule has 4 heteroatoms. The van der Waals surface area contributed by atoms with Gasteiger partial charge in [-0.1, -0.05) is 12.1 Å². The highest BCUT2D eigenvalue weighted by molar-refractivity contribution is 5.78. The normalized spacial score (nSPS) is 12.5. The third-order valence-electron chi connectivity index (χ3n) is 2.41. The van der Waals surface area contributed by atoms with E-state index in [1.165, 1.54) is 0 Å². The van der Waals surface area contributed by atoms with E-state index >= 15 is 0 Å². The number of nitrogens with one attached hydrogen (secondary N) is 2. The summed E-state index contributed by atoms with van der Waals surface area (Å²) in [5, 5.41) is 15.1. The lowest BCUT2D eigenvalue weighted by Gasteiger charge is -2.15. The molecule has 17 heavy (non-hydrogen) atoms. The van der Waals surface area contributed by atoms with Crippen LogP contribution in [0.5, 0.6) is 5.75 Å². The second kappa shape index (κ2) is 6.25. The van der Waals surface area contributed by atoms with E-state index in [9.17, 15) is 9.90 Å². The van der Waals surface area contributed by atoms with Crippen molar-refractivity contribution in [3.05, 3.63) is 29.8 Å². The molecule has 0 aromatic heterocycles. The zero-order valence-corrected chi connectivity index (χ0v) is 10.5. The first-order chi connectivity index (χ1) is 7.99. The zero-order valence-electron chi connectivity index (χ0n) is 10.5. The Kier molecular flexibility index (Phi) is 4.97. The summed E-state index contributed by atoms with van der Waals surface area (Å²) in [6.07, 6.45) is 0. The van der Waals surface area contributed by atoms with Gasteiger partial charge in [0.15, 0.2) is 0 Å². The van der Waals surface area contributed by atoms with Crippen molar-refractivity contribution in [1.82, 2.24) is 10.6 Å². The molecule has 94 valence electrons. The molecule has 1 aromatic carbocycles. The van der Waals surface area contributed by atoms with E-state index in [4.69, 9.17) is 0 Å². The molecule has 0 saturated carbocycles. The standard InChI is InChI=1S/C13H20N2O2/c1-9(2)15-13(17)8-14-10(3)11-4-6-12(16)7-5-11/h4-7,9-10,14,16H,8H2,1-3H3,(H,15,17). The van der Waals surface area contributed by atoms with Gasteiger partial charge in [-0.25, -0.2) is 0 Å². The van der Waals surface area contributed by atoms with Gasteiger partial charge in [0, 0.05) is 12.1 Å². The minimum atomic E-state index is -0.00868.